The van der Waals surface area contributed by atoms with Crippen LogP contribution in [0.15, 0.2) is 36.4 Å². The number of imidazole rings is 1. The minimum absolute atomic E-state index is 0.380. The van der Waals surface area contributed by atoms with Crippen molar-refractivity contribution in [2.45, 2.75) is 20.0 Å². The molecule has 0 saturated heterocycles. The summed E-state index contributed by atoms with van der Waals surface area (Å²) in [5.41, 5.74) is 10.2. The summed E-state index contributed by atoms with van der Waals surface area (Å²) in [6.45, 7) is 3.18. The van der Waals surface area contributed by atoms with Crippen molar-refractivity contribution in [1.82, 2.24) is 9.55 Å². The fraction of sp³-hybridized carbons (Fsp3) is 0.278. The fourth-order valence-electron chi connectivity index (χ4n) is 2.71. The smallest absolute Gasteiger partial charge is 0.163 e. The average Bonchev–Trinajstić information content (AvgIpc) is 2.92. The molecule has 3 aromatic rings. The molecule has 23 heavy (non-hydrogen) atoms. The lowest BCUT2D eigenvalue weighted by atomic mass is 10.1. The molecule has 0 fully saturated rings. The van der Waals surface area contributed by atoms with Gasteiger partial charge in [-0.05, 0) is 12.5 Å². The summed E-state index contributed by atoms with van der Waals surface area (Å²) in [5, 5.41) is 0. The molecule has 1 heterocycles. The van der Waals surface area contributed by atoms with E-state index in [1.807, 2.05) is 12.1 Å². The van der Waals surface area contributed by atoms with E-state index < -0.39 is 0 Å². The summed E-state index contributed by atoms with van der Waals surface area (Å²) in [5.74, 6) is 2.20. The molecule has 0 aliphatic rings. The van der Waals surface area contributed by atoms with Gasteiger partial charge < -0.3 is 19.8 Å². The molecule has 5 nitrogen and oxygen atoms in total. The molecule has 0 amide bonds. The third-order valence-electron chi connectivity index (χ3n) is 3.98. The van der Waals surface area contributed by atoms with Crippen molar-refractivity contribution in [3.05, 3.63) is 53.3 Å². The Kier molecular flexibility index (Phi) is 4.21. The Bertz CT molecular complexity index is 822. The van der Waals surface area contributed by atoms with Gasteiger partial charge in [-0.15, -0.1) is 0 Å². The van der Waals surface area contributed by atoms with E-state index in [1.54, 1.807) is 14.2 Å². The Morgan fingerprint density at radius 1 is 1.04 bits per heavy atom. The van der Waals surface area contributed by atoms with E-state index in [2.05, 4.69) is 40.7 Å². The molecule has 2 aromatic carbocycles. The van der Waals surface area contributed by atoms with Crippen molar-refractivity contribution in [1.29, 1.82) is 0 Å². The van der Waals surface area contributed by atoms with Crippen LogP contribution in [-0.4, -0.2) is 23.8 Å². The maximum absolute atomic E-state index is 5.89. The zero-order chi connectivity index (χ0) is 16.4. The van der Waals surface area contributed by atoms with Gasteiger partial charge in [0.25, 0.3) is 0 Å². The van der Waals surface area contributed by atoms with Crippen LogP contribution < -0.4 is 15.2 Å². The molecular weight excluding hydrogens is 290 g/mol. The molecule has 1 aromatic heterocycles. The Hall–Kier alpha value is -2.53. The van der Waals surface area contributed by atoms with Crippen molar-refractivity contribution in [2.75, 3.05) is 14.2 Å². The number of aromatic nitrogens is 2. The monoisotopic (exact) mass is 311 g/mol. The quantitative estimate of drug-likeness (QED) is 0.787. The summed E-state index contributed by atoms with van der Waals surface area (Å²) in [6.07, 6.45) is 0. The van der Waals surface area contributed by atoms with Crippen LogP contribution in [0.25, 0.3) is 11.0 Å². The van der Waals surface area contributed by atoms with E-state index in [0.717, 1.165) is 23.4 Å². The van der Waals surface area contributed by atoms with Crippen LogP contribution in [0.5, 0.6) is 11.5 Å². The summed E-state index contributed by atoms with van der Waals surface area (Å²) >= 11 is 0. The van der Waals surface area contributed by atoms with Crippen molar-refractivity contribution < 1.29 is 9.47 Å². The molecular formula is C18H21N3O2. The van der Waals surface area contributed by atoms with Crippen LogP contribution in [0.2, 0.25) is 0 Å². The Labute approximate surface area is 135 Å². The molecule has 0 atom stereocenters. The summed E-state index contributed by atoms with van der Waals surface area (Å²) < 4.78 is 12.9. The minimum atomic E-state index is 0.380. The molecule has 0 unspecified atom stereocenters. The second-order valence-corrected chi connectivity index (χ2v) is 5.50. The number of methoxy groups -OCH3 is 2. The molecule has 0 bridgehead atoms. The molecule has 0 spiro atoms. The lowest BCUT2D eigenvalue weighted by molar-refractivity contribution is 0.355. The van der Waals surface area contributed by atoms with Gasteiger partial charge in [0.1, 0.15) is 5.82 Å². The molecule has 0 aliphatic heterocycles. The van der Waals surface area contributed by atoms with E-state index in [-0.39, 0.29) is 0 Å². The number of benzene rings is 2. The van der Waals surface area contributed by atoms with E-state index in [4.69, 9.17) is 15.2 Å². The van der Waals surface area contributed by atoms with Gasteiger partial charge in [0.2, 0.25) is 0 Å². The molecule has 5 heteroatoms. The fourth-order valence-corrected chi connectivity index (χ4v) is 2.71. The van der Waals surface area contributed by atoms with E-state index in [1.165, 1.54) is 11.1 Å². The van der Waals surface area contributed by atoms with Gasteiger partial charge >= 0.3 is 0 Å². The van der Waals surface area contributed by atoms with Crippen LogP contribution in [0.3, 0.4) is 0 Å². The maximum Gasteiger partial charge on any atom is 0.163 e. The highest BCUT2D eigenvalue weighted by Gasteiger charge is 2.14. The Morgan fingerprint density at radius 2 is 1.70 bits per heavy atom. The van der Waals surface area contributed by atoms with Crippen molar-refractivity contribution in [3.8, 4) is 11.5 Å². The zero-order valence-corrected chi connectivity index (χ0v) is 13.7. The van der Waals surface area contributed by atoms with Crippen LogP contribution in [0, 0.1) is 6.92 Å². The summed E-state index contributed by atoms with van der Waals surface area (Å²) in [4.78, 5) is 4.63. The summed E-state index contributed by atoms with van der Waals surface area (Å²) in [6, 6.07) is 12.3. The molecule has 120 valence electrons. The number of ether oxygens (including phenoxy) is 2. The number of hydrogen-bond donors (Lipinski definition) is 1. The van der Waals surface area contributed by atoms with E-state index in [0.29, 0.717) is 18.0 Å². The largest absolute Gasteiger partial charge is 0.493 e. The first-order valence-corrected chi connectivity index (χ1v) is 7.53. The third kappa shape index (κ3) is 2.87. The zero-order valence-electron chi connectivity index (χ0n) is 13.7. The highest BCUT2D eigenvalue weighted by molar-refractivity contribution is 5.80. The van der Waals surface area contributed by atoms with Gasteiger partial charge in [-0.3, -0.25) is 0 Å². The molecule has 0 saturated carbocycles. The SMILES string of the molecule is COc1cc2nc(CN)n(Cc3ccc(C)cc3)c2cc1OC. The van der Waals surface area contributed by atoms with Crippen molar-refractivity contribution in [3.63, 3.8) is 0 Å². The average molecular weight is 311 g/mol. The number of nitrogens with zero attached hydrogens (tertiary/aromatic N) is 2. The normalized spacial score (nSPS) is 11.0. The van der Waals surface area contributed by atoms with Crippen LogP contribution in [-0.2, 0) is 13.1 Å². The topological polar surface area (TPSA) is 62.3 Å². The van der Waals surface area contributed by atoms with Gasteiger partial charge in [-0.1, -0.05) is 29.8 Å². The number of fused-ring (bicyclic) bond motifs is 1. The van der Waals surface area contributed by atoms with Gasteiger partial charge in [0.15, 0.2) is 11.5 Å². The van der Waals surface area contributed by atoms with Crippen LogP contribution in [0.1, 0.15) is 17.0 Å². The Morgan fingerprint density at radius 3 is 2.30 bits per heavy atom. The van der Waals surface area contributed by atoms with Crippen molar-refractivity contribution in [2.24, 2.45) is 5.73 Å². The standard InChI is InChI=1S/C18H21N3O2/c1-12-4-6-13(7-5-12)11-21-15-9-17(23-3)16(22-2)8-14(15)20-18(21)10-19/h4-9H,10-11,19H2,1-3H3. The third-order valence-corrected chi connectivity index (χ3v) is 3.98. The second kappa shape index (κ2) is 6.30. The highest BCUT2D eigenvalue weighted by Crippen LogP contribution is 2.32. The van der Waals surface area contributed by atoms with Gasteiger partial charge in [0, 0.05) is 18.7 Å². The molecule has 0 aliphatic carbocycles. The minimum Gasteiger partial charge on any atom is -0.493 e. The lowest BCUT2D eigenvalue weighted by Gasteiger charge is -2.11. The number of rotatable bonds is 5. The van der Waals surface area contributed by atoms with Crippen molar-refractivity contribution >= 4 is 11.0 Å². The van der Waals surface area contributed by atoms with E-state index in [9.17, 15) is 0 Å². The first-order chi connectivity index (χ1) is 11.2. The predicted octanol–water partition coefficient (Wildman–Crippen LogP) is 2.87. The van der Waals surface area contributed by atoms with Gasteiger partial charge in [-0.2, -0.15) is 0 Å². The maximum atomic E-state index is 5.89. The first-order valence-electron chi connectivity index (χ1n) is 7.53. The molecule has 3 rings (SSSR count). The first kappa shape index (κ1) is 15.4. The number of aryl methyl sites for hydroxylation is 1. The van der Waals surface area contributed by atoms with Crippen LogP contribution in [0.4, 0.5) is 0 Å². The Balaban J connectivity index is 2.11. The number of nitrogens with two attached hydrogens (primary N) is 1. The van der Waals surface area contributed by atoms with Gasteiger partial charge in [0.05, 0.1) is 31.8 Å². The summed E-state index contributed by atoms with van der Waals surface area (Å²) in [7, 11) is 3.25. The number of hydrogen-bond acceptors (Lipinski definition) is 4. The van der Waals surface area contributed by atoms with E-state index >= 15 is 0 Å². The molecule has 2 N–H and O–H groups in total. The second-order valence-electron chi connectivity index (χ2n) is 5.50. The predicted molar refractivity (Wildman–Crippen MR) is 91.0 cm³/mol. The molecule has 0 radical (unpaired) electrons. The van der Waals surface area contributed by atoms with Crippen LogP contribution >= 0.6 is 0 Å². The highest BCUT2D eigenvalue weighted by atomic mass is 16.5. The lowest BCUT2D eigenvalue weighted by Crippen LogP contribution is -2.09. The van der Waals surface area contributed by atoms with Gasteiger partial charge in [-0.25, -0.2) is 4.98 Å².